The fraction of sp³-hybridized carbons (Fsp3) is 0.438. The fourth-order valence-electron chi connectivity index (χ4n) is 9.18. The van der Waals surface area contributed by atoms with Gasteiger partial charge in [0.15, 0.2) is 8.30 Å². The molecule has 0 radical (unpaired) electrons. The van der Waals surface area contributed by atoms with Crippen molar-refractivity contribution in [1.82, 2.24) is 14.9 Å². The topological polar surface area (TPSA) is 143 Å². The Bertz CT molecular complexity index is 2470. The van der Waals surface area contributed by atoms with Crippen LogP contribution in [-0.4, -0.2) is 105 Å². The Morgan fingerprint density at radius 1 is 0.984 bits per heavy atom. The third-order valence-electron chi connectivity index (χ3n) is 12.6. The first-order valence-corrected chi connectivity index (χ1v) is 24.1. The molecule has 14 nitrogen and oxygen atoms in total. The van der Waals surface area contributed by atoms with E-state index >= 15 is 0 Å². The number of allylic oxidation sites excluding steroid dienone is 1. The number of ether oxygens (including phenoxy) is 3. The van der Waals surface area contributed by atoms with Crippen LogP contribution in [0.1, 0.15) is 52.0 Å². The second-order valence-corrected chi connectivity index (χ2v) is 19.7. The molecule has 5 aromatic rings. The molecule has 3 aliphatic heterocycles. The lowest BCUT2D eigenvalue weighted by molar-refractivity contribution is -0.383. The van der Waals surface area contributed by atoms with Gasteiger partial charge in [-0.25, -0.2) is 0 Å². The van der Waals surface area contributed by atoms with Crippen LogP contribution >= 0.6 is 19.9 Å². The molecule has 0 amide bonds. The Kier molecular flexibility index (Phi) is 13.6. The second kappa shape index (κ2) is 19.7. The molecular formula is C48H58ClN8O6P. The van der Waals surface area contributed by atoms with Crippen LogP contribution in [0.4, 0.5) is 34.1 Å². The number of aromatic amines is 1. The van der Waals surface area contributed by atoms with E-state index in [1.807, 2.05) is 37.4 Å². The molecule has 4 aliphatic rings. The molecule has 0 saturated carbocycles. The smallest absolute Gasteiger partial charge is 0.293 e. The van der Waals surface area contributed by atoms with Crippen molar-refractivity contribution in [3.63, 3.8) is 0 Å². The van der Waals surface area contributed by atoms with Crippen molar-refractivity contribution in [3.8, 4) is 5.88 Å². The van der Waals surface area contributed by atoms with E-state index in [0.717, 1.165) is 90.8 Å². The van der Waals surface area contributed by atoms with E-state index in [2.05, 4.69) is 80.3 Å². The number of nitro benzene ring substituents is 1. The molecule has 338 valence electrons. The molecule has 0 spiro atoms. The highest BCUT2D eigenvalue weighted by Crippen LogP contribution is 2.47. The molecule has 0 bridgehead atoms. The molecule has 2 aromatic heterocycles. The van der Waals surface area contributed by atoms with Crippen LogP contribution in [0.2, 0.25) is 5.02 Å². The van der Waals surface area contributed by atoms with Gasteiger partial charge >= 0.3 is 0 Å². The van der Waals surface area contributed by atoms with E-state index < -0.39 is 8.30 Å². The zero-order valence-electron chi connectivity index (χ0n) is 36.9. The van der Waals surface area contributed by atoms with Crippen LogP contribution in [0.15, 0.2) is 84.6 Å². The van der Waals surface area contributed by atoms with Crippen LogP contribution < -0.4 is 30.2 Å². The van der Waals surface area contributed by atoms with Crippen molar-refractivity contribution in [2.45, 2.75) is 52.6 Å². The van der Waals surface area contributed by atoms with Gasteiger partial charge in [-0.05, 0) is 104 Å². The van der Waals surface area contributed by atoms with E-state index in [9.17, 15) is 10.1 Å². The molecule has 3 aromatic carbocycles. The number of pyridine rings is 1. The molecule has 9 rings (SSSR count). The number of hydrogen-bond acceptors (Lipinski definition) is 12. The first-order valence-electron chi connectivity index (χ1n) is 22.5. The molecule has 64 heavy (non-hydrogen) atoms. The van der Waals surface area contributed by atoms with Crippen molar-refractivity contribution in [1.29, 1.82) is 0 Å². The quantitative estimate of drug-likeness (QED) is 0.0555. The lowest BCUT2D eigenvalue weighted by atomic mass is 9.72. The van der Waals surface area contributed by atoms with Crippen molar-refractivity contribution in [3.05, 3.63) is 105 Å². The molecule has 1 unspecified atom stereocenters. The second-order valence-electron chi connectivity index (χ2n) is 17.7. The van der Waals surface area contributed by atoms with E-state index in [4.69, 9.17) is 35.3 Å². The van der Waals surface area contributed by atoms with Gasteiger partial charge < -0.3 is 43.9 Å². The van der Waals surface area contributed by atoms with Crippen LogP contribution in [0.5, 0.6) is 5.88 Å². The Morgan fingerprint density at radius 2 is 1.81 bits per heavy atom. The van der Waals surface area contributed by atoms with Crippen LogP contribution in [0.25, 0.3) is 16.6 Å². The number of rotatable bonds is 14. The number of nitrogens with one attached hydrogen (secondary N) is 3. The van der Waals surface area contributed by atoms with Gasteiger partial charge in [0, 0.05) is 79.5 Å². The molecule has 16 heteroatoms. The highest BCUT2D eigenvalue weighted by Gasteiger charge is 2.31. The van der Waals surface area contributed by atoms with E-state index in [0.29, 0.717) is 63.0 Å². The fourth-order valence-corrected chi connectivity index (χ4v) is 10.8. The summed E-state index contributed by atoms with van der Waals surface area (Å²) < 4.78 is 24.0. The van der Waals surface area contributed by atoms with Crippen LogP contribution in [0, 0.1) is 15.5 Å². The minimum atomic E-state index is -1.54. The highest BCUT2D eigenvalue weighted by molar-refractivity contribution is 7.62. The lowest BCUT2D eigenvalue weighted by Gasteiger charge is -2.39. The summed E-state index contributed by atoms with van der Waals surface area (Å²) >= 11 is 6.30. The minimum Gasteiger partial charge on any atom is -0.476 e. The predicted molar refractivity (Wildman–Crippen MR) is 258 cm³/mol. The number of hydrogen-bond donors (Lipinski definition) is 3. The van der Waals surface area contributed by atoms with Gasteiger partial charge in [-0.1, -0.05) is 43.2 Å². The van der Waals surface area contributed by atoms with Crippen LogP contribution in [-0.2, 0) is 14.0 Å². The molecule has 3 N–H and O–H groups in total. The summed E-state index contributed by atoms with van der Waals surface area (Å²) in [5.74, 6) is 0.576. The third kappa shape index (κ3) is 10.1. The van der Waals surface area contributed by atoms with Gasteiger partial charge in [-0.15, -0.1) is 0 Å². The summed E-state index contributed by atoms with van der Waals surface area (Å²) in [6.07, 6.45) is 5.87. The number of nitrogens with zero attached hydrogens (tertiary/aromatic N) is 5. The Labute approximate surface area is 381 Å². The van der Waals surface area contributed by atoms with Crippen LogP contribution in [0.3, 0.4) is 0 Å². The Morgan fingerprint density at radius 3 is 2.59 bits per heavy atom. The largest absolute Gasteiger partial charge is 0.476 e. The molecular weight excluding hydrogens is 851 g/mol. The van der Waals surface area contributed by atoms with E-state index in [1.165, 1.54) is 17.6 Å². The van der Waals surface area contributed by atoms with Crippen molar-refractivity contribution in [2.75, 3.05) is 99.1 Å². The average Bonchev–Trinajstić information content (AvgIpc) is 3.67. The summed E-state index contributed by atoms with van der Waals surface area (Å²) in [5.41, 5.74) is 9.58. The number of halogens is 1. The van der Waals surface area contributed by atoms with Gasteiger partial charge in [0.25, 0.3) is 5.69 Å². The normalized spacial score (nSPS) is 19.8. The number of aromatic nitrogens is 2. The van der Waals surface area contributed by atoms with E-state index in [1.54, 1.807) is 17.7 Å². The summed E-state index contributed by atoms with van der Waals surface area (Å²) in [6.45, 7) is 14.9. The van der Waals surface area contributed by atoms with Crippen molar-refractivity contribution < 1.29 is 23.7 Å². The molecule has 1 aliphatic carbocycles. The lowest BCUT2D eigenvalue weighted by Crippen LogP contribution is -2.47. The summed E-state index contributed by atoms with van der Waals surface area (Å²) in [6, 6.07) is 24.4. The number of anilines is 5. The van der Waals surface area contributed by atoms with Crippen molar-refractivity contribution >= 4 is 75.9 Å². The number of piperazine rings is 1. The number of benzene rings is 3. The van der Waals surface area contributed by atoms with Crippen molar-refractivity contribution in [2.24, 2.45) is 5.41 Å². The average molecular weight is 909 g/mol. The monoisotopic (exact) mass is 908 g/mol. The maximum absolute atomic E-state index is 12.5. The van der Waals surface area contributed by atoms with Gasteiger partial charge in [0.2, 0.25) is 5.88 Å². The Balaban J connectivity index is 1.000. The molecule has 2 atom stereocenters. The summed E-state index contributed by atoms with van der Waals surface area (Å²) in [4.78, 5) is 27.6. The summed E-state index contributed by atoms with van der Waals surface area (Å²) in [7, 11) is -1.54. The third-order valence-corrected chi connectivity index (χ3v) is 14.6. The predicted octanol–water partition coefficient (Wildman–Crippen LogP) is 9.74. The van der Waals surface area contributed by atoms with Gasteiger partial charge in [0.1, 0.15) is 17.0 Å². The zero-order chi connectivity index (χ0) is 44.2. The van der Waals surface area contributed by atoms with Gasteiger partial charge in [-0.3, -0.25) is 15.0 Å². The number of H-pyrrole nitrogens is 1. The van der Waals surface area contributed by atoms with Gasteiger partial charge in [0.05, 0.1) is 55.4 Å². The standard InChI is InChI=1S/C48H58ClN8O6P/c1-4-63-64(39-11-13-41(44(28-39)57(58)59)51-30-38-32-60-24-25-61-38)53-42-12-10-37(27-43(42)56-18-5-23-62-47-45(56)26-34-15-17-50-46(34)52-47)55-21-19-54(20-22-55)31-35-14-16-48(2,3)29-40(35)33-6-8-36(49)9-7-33/h6-13,15,17,26-28,38,51,53H,4-5,14,16,18-25,29-32H2,1-3H3,(H,50,52)/t38-,64?/m0/s1. The van der Waals surface area contributed by atoms with E-state index in [-0.39, 0.29) is 22.1 Å². The first kappa shape index (κ1) is 44.3. The first-order chi connectivity index (χ1) is 31.1. The van der Waals surface area contributed by atoms with Gasteiger partial charge in [-0.2, -0.15) is 4.98 Å². The maximum atomic E-state index is 12.5. The minimum absolute atomic E-state index is 0.0250. The zero-order valence-corrected chi connectivity index (χ0v) is 38.6. The highest BCUT2D eigenvalue weighted by atomic mass is 35.5. The molecule has 2 saturated heterocycles. The Hall–Kier alpha value is -4.95. The SMILES string of the molecule is CCOP(Nc1ccc(N2CCN(CC3=C(c4ccc(Cl)cc4)CC(C)(C)CC3)CC2)cc1N1CCCOc2nc3[nH]ccc3cc21)c1ccc(NC[C@H]2COCCO2)c([N+](=O)[O-])c1. The number of nitro groups is 1. The molecule has 5 heterocycles. The molecule has 2 fully saturated rings. The maximum Gasteiger partial charge on any atom is 0.293 e. The summed E-state index contributed by atoms with van der Waals surface area (Å²) in [5, 5.41) is 21.9. The number of fused-ring (bicyclic) bond motifs is 2.